The predicted octanol–water partition coefficient (Wildman–Crippen LogP) is 6.83. The van der Waals surface area contributed by atoms with Gasteiger partial charge < -0.3 is 19.3 Å². The Labute approximate surface area is 230 Å². The normalized spacial score (nSPS) is 15.2. The molecule has 2 rings (SSSR count). The van der Waals surface area contributed by atoms with E-state index in [1.165, 1.54) is 4.90 Å². The molecule has 1 aromatic carbocycles. The lowest BCUT2D eigenvalue weighted by Crippen LogP contribution is -2.46. The summed E-state index contributed by atoms with van der Waals surface area (Å²) < 4.78 is 10.6. The fourth-order valence-corrected chi connectivity index (χ4v) is 3.99. The van der Waals surface area contributed by atoms with Crippen molar-refractivity contribution in [3.8, 4) is 6.07 Å². The van der Waals surface area contributed by atoms with Crippen LogP contribution in [0.15, 0.2) is 24.3 Å². The zero-order chi connectivity index (χ0) is 27.6. The van der Waals surface area contributed by atoms with Crippen molar-refractivity contribution in [1.29, 1.82) is 5.26 Å². The van der Waals surface area contributed by atoms with E-state index in [9.17, 15) is 14.9 Å². The van der Waals surface area contributed by atoms with Crippen molar-refractivity contribution in [2.45, 2.75) is 71.0 Å². The molecule has 1 heterocycles. The first-order chi connectivity index (χ1) is 16.7. The van der Waals surface area contributed by atoms with Gasteiger partial charge in [-0.25, -0.2) is 9.59 Å². The van der Waals surface area contributed by atoms with Gasteiger partial charge in [0.15, 0.2) is 0 Å². The highest BCUT2D eigenvalue weighted by molar-refractivity contribution is 6.30. The third-order valence-electron chi connectivity index (χ3n) is 5.24. The molecule has 2 amide bonds. The molecule has 7 nitrogen and oxygen atoms in total. The van der Waals surface area contributed by atoms with Crippen LogP contribution in [-0.4, -0.2) is 71.1 Å². The second-order valence-corrected chi connectivity index (χ2v) is 11.7. The third kappa shape index (κ3) is 11.0. The SMILES string of the molecule is CC(C)(C)OC(=O)N(CCCl)CCCl.CC(C)(C)OC(=O)N1CCC(C#N)(c2ccc(Cl)cc2)CC1. The molecule has 202 valence electrons. The molecule has 0 atom stereocenters. The number of carbonyl (C=O) groups is 2. The van der Waals surface area contributed by atoms with Gasteiger partial charge in [0.25, 0.3) is 0 Å². The summed E-state index contributed by atoms with van der Waals surface area (Å²) in [5, 5.41) is 10.3. The maximum absolute atomic E-state index is 12.1. The molecule has 10 heteroatoms. The van der Waals surface area contributed by atoms with Crippen molar-refractivity contribution >= 4 is 47.0 Å². The summed E-state index contributed by atoms with van der Waals surface area (Å²) in [5.74, 6) is 0.770. The number of hydrogen-bond donors (Lipinski definition) is 0. The van der Waals surface area contributed by atoms with E-state index in [0.29, 0.717) is 55.8 Å². The van der Waals surface area contributed by atoms with E-state index in [-0.39, 0.29) is 12.2 Å². The van der Waals surface area contributed by atoms with E-state index < -0.39 is 16.6 Å². The van der Waals surface area contributed by atoms with Crippen LogP contribution in [-0.2, 0) is 14.9 Å². The van der Waals surface area contributed by atoms with Crippen molar-refractivity contribution in [3.63, 3.8) is 0 Å². The van der Waals surface area contributed by atoms with Crippen LogP contribution >= 0.6 is 34.8 Å². The molecular weight excluding hydrogens is 525 g/mol. The van der Waals surface area contributed by atoms with Gasteiger partial charge in [-0.15, -0.1) is 23.2 Å². The van der Waals surface area contributed by atoms with Gasteiger partial charge in [-0.3, -0.25) is 0 Å². The van der Waals surface area contributed by atoms with Gasteiger partial charge in [-0.05, 0) is 72.1 Å². The number of rotatable bonds is 5. The second kappa shape index (κ2) is 14.2. The molecule has 1 fully saturated rings. The molecule has 0 aromatic heterocycles. The number of benzene rings is 1. The van der Waals surface area contributed by atoms with Gasteiger partial charge in [-0.2, -0.15) is 5.26 Å². The van der Waals surface area contributed by atoms with Crippen LogP contribution in [0.5, 0.6) is 0 Å². The van der Waals surface area contributed by atoms with Crippen molar-refractivity contribution in [3.05, 3.63) is 34.9 Å². The van der Waals surface area contributed by atoms with Gasteiger partial charge in [0.2, 0.25) is 0 Å². The van der Waals surface area contributed by atoms with Crippen molar-refractivity contribution in [2.24, 2.45) is 0 Å². The van der Waals surface area contributed by atoms with Crippen LogP contribution in [0.4, 0.5) is 9.59 Å². The van der Waals surface area contributed by atoms with Crippen LogP contribution in [0.25, 0.3) is 0 Å². The van der Waals surface area contributed by atoms with Gasteiger partial charge in [0.05, 0.1) is 11.5 Å². The Morgan fingerprint density at radius 2 is 1.44 bits per heavy atom. The zero-order valence-electron chi connectivity index (χ0n) is 22.1. The van der Waals surface area contributed by atoms with Gasteiger partial charge in [0, 0.05) is 43.0 Å². The monoisotopic (exact) mass is 561 g/mol. The molecule has 0 radical (unpaired) electrons. The summed E-state index contributed by atoms with van der Waals surface area (Å²) >= 11 is 17.0. The van der Waals surface area contributed by atoms with E-state index in [0.717, 1.165) is 5.56 Å². The molecule has 1 aliphatic heterocycles. The molecule has 1 aromatic rings. The standard InChI is InChI=1S/C17H21ClN2O2.C9H17Cl2NO2/c1-16(2,3)22-15(21)20-10-8-17(12-19,9-11-20)13-4-6-14(18)7-5-13;1-9(2,3)14-8(13)12(6-4-10)7-5-11/h4-7H,8-11H2,1-3H3;4-7H2,1-3H3. The highest BCUT2D eigenvalue weighted by Crippen LogP contribution is 2.35. The quantitative estimate of drug-likeness (QED) is 0.367. The average molecular weight is 563 g/mol. The van der Waals surface area contributed by atoms with E-state index in [1.54, 1.807) is 17.0 Å². The molecule has 1 aliphatic rings. The first-order valence-electron chi connectivity index (χ1n) is 11.9. The molecular formula is C26H38Cl3N3O4. The van der Waals surface area contributed by atoms with Crippen LogP contribution < -0.4 is 0 Å². The minimum absolute atomic E-state index is 0.310. The fourth-order valence-electron chi connectivity index (χ4n) is 3.46. The lowest BCUT2D eigenvalue weighted by Gasteiger charge is -2.38. The number of nitrogens with zero attached hydrogens (tertiary/aromatic N) is 3. The second-order valence-electron chi connectivity index (χ2n) is 10.5. The minimum atomic E-state index is -0.552. The number of piperidine rings is 1. The molecule has 0 bridgehead atoms. The number of nitriles is 1. The number of alkyl halides is 2. The average Bonchev–Trinajstić information content (AvgIpc) is 2.77. The lowest BCUT2D eigenvalue weighted by atomic mass is 9.74. The summed E-state index contributed by atoms with van der Waals surface area (Å²) in [7, 11) is 0. The lowest BCUT2D eigenvalue weighted by molar-refractivity contribution is 0.0184. The Morgan fingerprint density at radius 3 is 1.83 bits per heavy atom. The first-order valence-corrected chi connectivity index (χ1v) is 13.4. The Balaban J connectivity index is 0.000000402. The van der Waals surface area contributed by atoms with Gasteiger partial charge >= 0.3 is 12.2 Å². The number of likely N-dealkylation sites (tertiary alicyclic amines) is 1. The molecule has 36 heavy (non-hydrogen) atoms. The Morgan fingerprint density at radius 1 is 0.972 bits per heavy atom. The van der Waals surface area contributed by atoms with Crippen molar-refractivity contribution in [2.75, 3.05) is 37.9 Å². The van der Waals surface area contributed by atoms with Crippen LogP contribution in [0.1, 0.15) is 59.9 Å². The maximum atomic E-state index is 12.1. The first kappa shape index (κ1) is 32.1. The Bertz CT molecular complexity index is 876. The molecule has 0 unspecified atom stereocenters. The predicted molar refractivity (Wildman–Crippen MR) is 145 cm³/mol. The van der Waals surface area contributed by atoms with E-state index in [1.807, 2.05) is 53.7 Å². The van der Waals surface area contributed by atoms with Gasteiger partial charge in [-0.1, -0.05) is 23.7 Å². The largest absolute Gasteiger partial charge is 0.444 e. The number of amides is 2. The smallest absolute Gasteiger partial charge is 0.410 e. The van der Waals surface area contributed by atoms with Crippen molar-refractivity contribution in [1.82, 2.24) is 9.80 Å². The number of hydrogen-bond acceptors (Lipinski definition) is 5. The summed E-state index contributed by atoms with van der Waals surface area (Å²) in [6, 6.07) is 9.84. The van der Waals surface area contributed by atoms with E-state index >= 15 is 0 Å². The van der Waals surface area contributed by atoms with E-state index in [4.69, 9.17) is 44.3 Å². The molecule has 0 saturated carbocycles. The summed E-state index contributed by atoms with van der Waals surface area (Å²) in [5.41, 5.74) is -0.572. The Hall–Kier alpha value is -1.88. The number of carbonyl (C=O) groups excluding carboxylic acids is 2. The number of halogens is 3. The minimum Gasteiger partial charge on any atom is -0.444 e. The van der Waals surface area contributed by atoms with Crippen LogP contribution in [0.2, 0.25) is 5.02 Å². The maximum Gasteiger partial charge on any atom is 0.410 e. The number of ether oxygens (including phenoxy) is 2. The zero-order valence-corrected chi connectivity index (χ0v) is 24.3. The Kier molecular flexibility index (Phi) is 12.6. The fraction of sp³-hybridized carbons (Fsp3) is 0.654. The van der Waals surface area contributed by atoms with Gasteiger partial charge in [0.1, 0.15) is 11.2 Å². The molecule has 1 saturated heterocycles. The topological polar surface area (TPSA) is 82.9 Å². The molecule has 0 spiro atoms. The summed E-state index contributed by atoms with van der Waals surface area (Å²) in [6.45, 7) is 13.0. The van der Waals surface area contributed by atoms with Crippen LogP contribution in [0, 0.1) is 11.3 Å². The summed E-state index contributed by atoms with van der Waals surface area (Å²) in [4.78, 5) is 26.8. The van der Waals surface area contributed by atoms with Crippen LogP contribution in [0.3, 0.4) is 0 Å². The third-order valence-corrected chi connectivity index (χ3v) is 5.83. The highest BCUT2D eigenvalue weighted by atomic mass is 35.5. The molecule has 0 N–H and O–H groups in total. The highest BCUT2D eigenvalue weighted by Gasteiger charge is 2.38. The van der Waals surface area contributed by atoms with E-state index in [2.05, 4.69) is 6.07 Å². The molecule has 0 aliphatic carbocycles. The van der Waals surface area contributed by atoms with Crippen molar-refractivity contribution < 1.29 is 19.1 Å². The summed E-state index contributed by atoms with van der Waals surface area (Å²) in [6.07, 6.45) is 0.531.